The highest BCUT2D eigenvalue weighted by Gasteiger charge is 2.54. The zero-order chi connectivity index (χ0) is 21.7. The Morgan fingerprint density at radius 3 is 2.16 bits per heavy atom. The van der Waals surface area contributed by atoms with E-state index in [1.807, 2.05) is 41.0 Å². The minimum absolute atomic E-state index is 0.0191. The van der Waals surface area contributed by atoms with Gasteiger partial charge >= 0.3 is 0 Å². The molecule has 4 fully saturated rings. The third kappa shape index (κ3) is 3.31. The summed E-state index contributed by atoms with van der Waals surface area (Å²) in [4.78, 5) is 26.1. The van der Waals surface area contributed by atoms with Gasteiger partial charge in [-0.1, -0.05) is 48.5 Å². The lowest BCUT2D eigenvalue weighted by molar-refractivity contribution is -0.149. The molecule has 4 saturated carbocycles. The number of amides is 2. The molecule has 0 atom stereocenters. The van der Waals surface area contributed by atoms with E-state index < -0.39 is 0 Å². The van der Waals surface area contributed by atoms with Crippen LogP contribution in [0.25, 0.3) is 22.2 Å². The second kappa shape index (κ2) is 7.51. The highest BCUT2D eigenvalue weighted by Crippen LogP contribution is 2.60. The number of nitrogens with one attached hydrogen (secondary N) is 2. The van der Waals surface area contributed by atoms with Gasteiger partial charge in [-0.3, -0.25) is 20.4 Å². The number of aromatic nitrogens is 1. The molecule has 0 aliphatic heterocycles. The highest BCUT2D eigenvalue weighted by molar-refractivity contribution is 5.90. The maximum Gasteiger partial charge on any atom is 0.258 e. The van der Waals surface area contributed by atoms with Crippen molar-refractivity contribution in [2.75, 3.05) is 0 Å². The van der Waals surface area contributed by atoms with Gasteiger partial charge in [0.1, 0.15) is 6.54 Å². The van der Waals surface area contributed by atoms with Crippen molar-refractivity contribution in [1.82, 2.24) is 15.4 Å². The highest BCUT2D eigenvalue weighted by atomic mass is 16.2. The molecule has 0 saturated heterocycles. The molecule has 4 bridgehead atoms. The SMILES string of the molecule is O=C(Cn1c(-c2ccccc2)cc2ccccc21)NNC(=O)C12CC3CC(CC(C3)C1)C2. The van der Waals surface area contributed by atoms with Gasteiger partial charge in [0.25, 0.3) is 5.91 Å². The molecule has 32 heavy (non-hydrogen) atoms. The maximum absolute atomic E-state index is 13.2. The fraction of sp³-hybridized carbons (Fsp3) is 0.407. The first-order chi connectivity index (χ1) is 15.6. The normalized spacial score (nSPS) is 28.1. The van der Waals surface area contributed by atoms with Crippen molar-refractivity contribution in [2.45, 2.75) is 45.1 Å². The summed E-state index contributed by atoms with van der Waals surface area (Å²) in [6.07, 6.45) is 6.84. The number of fused-ring (bicyclic) bond motifs is 1. The smallest absolute Gasteiger partial charge is 0.258 e. The summed E-state index contributed by atoms with van der Waals surface area (Å²) in [5.41, 5.74) is 8.34. The summed E-state index contributed by atoms with van der Waals surface area (Å²) in [6.45, 7) is 0.152. The van der Waals surface area contributed by atoms with Gasteiger partial charge in [0.2, 0.25) is 5.91 Å². The van der Waals surface area contributed by atoms with Crippen molar-refractivity contribution >= 4 is 22.7 Å². The zero-order valence-corrected chi connectivity index (χ0v) is 18.2. The third-order valence-corrected chi connectivity index (χ3v) is 8.02. The summed E-state index contributed by atoms with van der Waals surface area (Å²) >= 11 is 0. The van der Waals surface area contributed by atoms with E-state index in [-0.39, 0.29) is 23.8 Å². The van der Waals surface area contributed by atoms with Crippen molar-refractivity contribution in [3.63, 3.8) is 0 Å². The Kier molecular flexibility index (Phi) is 4.60. The molecule has 7 rings (SSSR count). The Morgan fingerprint density at radius 1 is 0.844 bits per heavy atom. The topological polar surface area (TPSA) is 63.1 Å². The van der Waals surface area contributed by atoms with E-state index >= 15 is 0 Å². The summed E-state index contributed by atoms with van der Waals surface area (Å²) in [6, 6.07) is 20.3. The molecule has 1 aromatic heterocycles. The number of rotatable bonds is 4. The van der Waals surface area contributed by atoms with E-state index in [0.29, 0.717) is 17.8 Å². The minimum Gasteiger partial charge on any atom is -0.331 e. The molecular formula is C27H29N3O2. The standard InChI is InChI=1S/C27H29N3O2/c31-25(28-29-26(32)27-14-18-10-19(15-27)12-20(11-18)16-27)17-30-23-9-5-4-8-22(23)13-24(30)21-6-2-1-3-7-21/h1-9,13,18-20H,10-12,14-17H2,(H,28,31)(H,29,32). The number of benzene rings is 2. The fourth-order valence-corrected chi connectivity index (χ4v) is 7.06. The number of nitrogens with zero attached hydrogens (tertiary/aromatic N) is 1. The number of hydrogen-bond acceptors (Lipinski definition) is 2. The monoisotopic (exact) mass is 427 g/mol. The van der Waals surface area contributed by atoms with Gasteiger partial charge in [-0.2, -0.15) is 0 Å². The zero-order valence-electron chi connectivity index (χ0n) is 18.2. The van der Waals surface area contributed by atoms with Gasteiger partial charge in [0, 0.05) is 16.6 Å². The summed E-state index contributed by atoms with van der Waals surface area (Å²) < 4.78 is 2.02. The van der Waals surface area contributed by atoms with E-state index in [4.69, 9.17) is 0 Å². The van der Waals surface area contributed by atoms with E-state index in [2.05, 4.69) is 35.1 Å². The van der Waals surface area contributed by atoms with Gasteiger partial charge in [-0.25, -0.2) is 0 Å². The Morgan fingerprint density at radius 2 is 1.47 bits per heavy atom. The predicted molar refractivity (Wildman–Crippen MR) is 124 cm³/mol. The average Bonchev–Trinajstić information content (AvgIpc) is 3.15. The second-order valence-corrected chi connectivity index (χ2v) is 10.2. The molecule has 164 valence electrons. The van der Waals surface area contributed by atoms with Crippen LogP contribution < -0.4 is 10.9 Å². The fourth-order valence-electron chi connectivity index (χ4n) is 7.06. The number of hydrazine groups is 1. The molecule has 2 aromatic carbocycles. The van der Waals surface area contributed by atoms with Crippen molar-refractivity contribution in [1.29, 1.82) is 0 Å². The lowest BCUT2D eigenvalue weighted by atomic mass is 9.49. The van der Waals surface area contributed by atoms with E-state index in [1.165, 1.54) is 19.3 Å². The first-order valence-corrected chi connectivity index (χ1v) is 11.8. The van der Waals surface area contributed by atoms with Crippen LogP contribution in [0, 0.1) is 23.2 Å². The summed E-state index contributed by atoms with van der Waals surface area (Å²) in [5.74, 6) is 1.90. The van der Waals surface area contributed by atoms with E-state index in [9.17, 15) is 9.59 Å². The molecule has 1 heterocycles. The largest absolute Gasteiger partial charge is 0.331 e. The van der Waals surface area contributed by atoms with Crippen LogP contribution in [0.3, 0.4) is 0 Å². The third-order valence-electron chi connectivity index (χ3n) is 8.02. The molecule has 0 unspecified atom stereocenters. The maximum atomic E-state index is 13.2. The van der Waals surface area contributed by atoms with Gasteiger partial charge < -0.3 is 4.57 Å². The number of hydrogen-bond donors (Lipinski definition) is 2. The summed E-state index contributed by atoms with van der Waals surface area (Å²) in [5, 5.41) is 1.09. The number of para-hydroxylation sites is 1. The molecular weight excluding hydrogens is 398 g/mol. The second-order valence-electron chi connectivity index (χ2n) is 10.2. The van der Waals surface area contributed by atoms with Crippen molar-refractivity contribution in [3.8, 4) is 11.3 Å². The Bertz CT molecular complexity index is 1140. The minimum atomic E-state index is -0.266. The first-order valence-electron chi connectivity index (χ1n) is 11.8. The predicted octanol–water partition coefficient (Wildman–Crippen LogP) is 4.67. The van der Waals surface area contributed by atoms with Crippen LogP contribution in [0.4, 0.5) is 0 Å². The molecule has 0 radical (unpaired) electrons. The molecule has 2 amide bonds. The Labute approximate surface area is 188 Å². The lowest BCUT2D eigenvalue weighted by Gasteiger charge is -2.55. The molecule has 5 heteroatoms. The van der Waals surface area contributed by atoms with Crippen LogP contribution in [0.2, 0.25) is 0 Å². The molecule has 4 aliphatic rings. The van der Waals surface area contributed by atoms with Crippen molar-refractivity contribution in [2.24, 2.45) is 23.2 Å². The van der Waals surface area contributed by atoms with Crippen LogP contribution in [0.5, 0.6) is 0 Å². The van der Waals surface area contributed by atoms with E-state index in [0.717, 1.165) is 41.4 Å². The van der Waals surface area contributed by atoms with Crippen LogP contribution >= 0.6 is 0 Å². The molecule has 5 nitrogen and oxygen atoms in total. The van der Waals surface area contributed by atoms with Crippen LogP contribution in [-0.2, 0) is 16.1 Å². The molecule has 2 N–H and O–H groups in total. The first kappa shape index (κ1) is 19.6. The van der Waals surface area contributed by atoms with Crippen LogP contribution in [0.1, 0.15) is 38.5 Å². The van der Waals surface area contributed by atoms with Crippen LogP contribution in [0.15, 0.2) is 60.7 Å². The van der Waals surface area contributed by atoms with Gasteiger partial charge in [-0.15, -0.1) is 0 Å². The van der Waals surface area contributed by atoms with E-state index in [1.54, 1.807) is 0 Å². The van der Waals surface area contributed by atoms with Gasteiger partial charge in [0.15, 0.2) is 0 Å². The van der Waals surface area contributed by atoms with Gasteiger partial charge in [-0.05, 0) is 74.0 Å². The number of carbonyl (C=O) groups excluding carboxylic acids is 2. The number of carbonyl (C=O) groups is 2. The Hall–Kier alpha value is -3.08. The summed E-state index contributed by atoms with van der Waals surface area (Å²) in [7, 11) is 0. The molecule has 4 aliphatic carbocycles. The van der Waals surface area contributed by atoms with Crippen LogP contribution in [-0.4, -0.2) is 16.4 Å². The van der Waals surface area contributed by atoms with Crippen molar-refractivity contribution in [3.05, 3.63) is 60.7 Å². The molecule has 3 aromatic rings. The quantitative estimate of drug-likeness (QED) is 0.594. The average molecular weight is 428 g/mol. The van der Waals surface area contributed by atoms with Crippen molar-refractivity contribution < 1.29 is 9.59 Å². The Balaban J connectivity index is 1.19. The molecule has 0 spiro atoms. The lowest BCUT2D eigenvalue weighted by Crippen LogP contribution is -2.57. The van der Waals surface area contributed by atoms with Gasteiger partial charge in [0.05, 0.1) is 5.41 Å².